The second kappa shape index (κ2) is 8.21. The average Bonchev–Trinajstić information content (AvgIpc) is 3.09. The predicted molar refractivity (Wildman–Crippen MR) is 137 cm³/mol. The van der Waals surface area contributed by atoms with Gasteiger partial charge in [-0.3, -0.25) is 4.79 Å². The second-order valence-corrected chi connectivity index (χ2v) is 13.6. The molecule has 0 aromatic heterocycles. The Kier molecular flexibility index (Phi) is 5.87. The van der Waals surface area contributed by atoms with Crippen LogP contribution >= 0.6 is 0 Å². The first-order chi connectivity index (χ1) is 15.5. The van der Waals surface area contributed by atoms with Gasteiger partial charge in [-0.2, -0.15) is 0 Å². The summed E-state index contributed by atoms with van der Waals surface area (Å²) in [7, 11) is 0. The van der Waals surface area contributed by atoms with E-state index in [2.05, 4.69) is 52.8 Å². The van der Waals surface area contributed by atoms with Crippen molar-refractivity contribution in [3.8, 4) is 0 Å². The summed E-state index contributed by atoms with van der Waals surface area (Å²) in [6, 6.07) is 6.39. The zero-order chi connectivity index (χ0) is 23.6. The molecule has 4 saturated carbocycles. The molecular weight excluding hydrogens is 402 g/mol. The van der Waals surface area contributed by atoms with Crippen LogP contribution in [0.5, 0.6) is 0 Å². The van der Waals surface area contributed by atoms with Gasteiger partial charge < -0.3 is 5.73 Å². The summed E-state index contributed by atoms with van der Waals surface area (Å²) in [5, 5.41) is 0. The van der Waals surface area contributed by atoms with E-state index in [4.69, 9.17) is 5.73 Å². The van der Waals surface area contributed by atoms with Gasteiger partial charge in [0.15, 0.2) is 5.78 Å². The molecule has 0 heterocycles. The van der Waals surface area contributed by atoms with E-state index in [1.807, 2.05) is 0 Å². The molecule has 2 unspecified atom stereocenters. The molecule has 0 amide bonds. The van der Waals surface area contributed by atoms with Gasteiger partial charge >= 0.3 is 0 Å². The maximum atomic E-state index is 13.8. The standard InChI is InChI=1S/C31H47NO/c1-20-10-13-29(4)19-25-11-14-30(5)26(28(33)23-16-21(2)15-22(3)17-23)8-9-27(30)31(25,32)12-6-7-24(29)18-20/h15-17,20,24-27H,6-14,18-19,32H2,1-5H3/t20-,24?,25?,26+,27+,29+,30+,31-/m0/s1. The third kappa shape index (κ3) is 3.83. The molecule has 2 N–H and O–H groups in total. The van der Waals surface area contributed by atoms with E-state index in [1.165, 1.54) is 68.9 Å². The van der Waals surface area contributed by atoms with Crippen molar-refractivity contribution in [3.05, 3.63) is 34.9 Å². The number of rotatable bonds is 2. The first-order valence-corrected chi connectivity index (χ1v) is 14.0. The molecule has 2 nitrogen and oxygen atoms in total. The molecule has 4 fully saturated rings. The van der Waals surface area contributed by atoms with Crippen LogP contribution in [-0.2, 0) is 0 Å². The minimum absolute atomic E-state index is 0.0561. The van der Waals surface area contributed by atoms with Crippen LogP contribution in [0.1, 0.15) is 113 Å². The molecule has 182 valence electrons. The quantitative estimate of drug-likeness (QED) is 0.471. The van der Waals surface area contributed by atoms with Gasteiger partial charge in [-0.05, 0) is 118 Å². The van der Waals surface area contributed by atoms with Crippen LogP contribution in [-0.4, -0.2) is 11.3 Å². The van der Waals surface area contributed by atoms with E-state index in [0.29, 0.717) is 23.0 Å². The van der Waals surface area contributed by atoms with E-state index in [0.717, 1.165) is 30.2 Å². The zero-order valence-electron chi connectivity index (χ0n) is 21.9. The summed E-state index contributed by atoms with van der Waals surface area (Å²) < 4.78 is 0. The minimum Gasteiger partial charge on any atom is -0.325 e. The maximum absolute atomic E-state index is 13.8. The van der Waals surface area contributed by atoms with Crippen molar-refractivity contribution >= 4 is 5.78 Å². The molecule has 4 aliphatic rings. The summed E-state index contributed by atoms with van der Waals surface area (Å²) in [6.45, 7) is 11.7. The van der Waals surface area contributed by atoms with Crippen LogP contribution in [0, 0.1) is 54.3 Å². The van der Waals surface area contributed by atoms with Crippen LogP contribution in [0.25, 0.3) is 0 Å². The number of fused-ring (bicyclic) bond motifs is 4. The Morgan fingerprint density at radius 3 is 2.36 bits per heavy atom. The van der Waals surface area contributed by atoms with Crippen molar-refractivity contribution in [1.82, 2.24) is 0 Å². The van der Waals surface area contributed by atoms with Crippen LogP contribution < -0.4 is 5.73 Å². The number of hydrogen-bond donors (Lipinski definition) is 1. The molecule has 0 aliphatic heterocycles. The van der Waals surface area contributed by atoms with Crippen LogP contribution in [0.4, 0.5) is 0 Å². The summed E-state index contributed by atoms with van der Waals surface area (Å²) in [5.41, 5.74) is 11.3. The lowest BCUT2D eigenvalue weighted by molar-refractivity contribution is -0.0575. The highest BCUT2D eigenvalue weighted by Gasteiger charge is 2.62. The smallest absolute Gasteiger partial charge is 0.166 e. The number of carbonyl (C=O) groups is 1. The Labute approximate surface area is 202 Å². The first-order valence-electron chi connectivity index (χ1n) is 14.0. The lowest BCUT2D eigenvalue weighted by Crippen LogP contribution is -2.62. The van der Waals surface area contributed by atoms with Crippen molar-refractivity contribution < 1.29 is 4.79 Å². The summed E-state index contributed by atoms with van der Waals surface area (Å²) in [6.07, 6.45) is 13.9. The molecule has 1 aromatic carbocycles. The molecule has 1 aromatic rings. The van der Waals surface area contributed by atoms with Crippen molar-refractivity contribution in [3.63, 3.8) is 0 Å². The zero-order valence-corrected chi connectivity index (χ0v) is 21.9. The van der Waals surface area contributed by atoms with Crippen LogP contribution in [0.2, 0.25) is 0 Å². The second-order valence-electron chi connectivity index (χ2n) is 13.6. The molecule has 8 atom stereocenters. The van der Waals surface area contributed by atoms with E-state index >= 15 is 0 Å². The number of Topliss-reactive ketones (excluding diaryl/α,β-unsaturated/α-hetero) is 1. The molecule has 4 aliphatic carbocycles. The fourth-order valence-corrected chi connectivity index (χ4v) is 9.55. The van der Waals surface area contributed by atoms with Crippen molar-refractivity contribution in [1.29, 1.82) is 0 Å². The third-order valence-electron chi connectivity index (χ3n) is 11.4. The molecule has 5 rings (SSSR count). The number of carbonyl (C=O) groups excluding carboxylic acids is 1. The van der Waals surface area contributed by atoms with Gasteiger partial charge in [0, 0.05) is 17.0 Å². The van der Waals surface area contributed by atoms with Gasteiger partial charge in [-0.25, -0.2) is 0 Å². The molecule has 0 radical (unpaired) electrons. The average molecular weight is 450 g/mol. The predicted octanol–water partition coefficient (Wildman–Crippen LogP) is 7.64. The monoisotopic (exact) mass is 449 g/mol. The van der Waals surface area contributed by atoms with Gasteiger partial charge in [0.05, 0.1) is 0 Å². The van der Waals surface area contributed by atoms with Crippen molar-refractivity contribution in [2.45, 2.75) is 111 Å². The number of aryl methyl sites for hydroxylation is 2. The summed E-state index contributed by atoms with van der Waals surface area (Å²) in [5.74, 6) is 3.42. The van der Waals surface area contributed by atoms with Crippen LogP contribution in [0.15, 0.2) is 18.2 Å². The molecule has 0 spiro atoms. The van der Waals surface area contributed by atoms with Crippen molar-refractivity contribution in [2.24, 2.45) is 46.2 Å². The highest BCUT2D eigenvalue weighted by molar-refractivity contribution is 5.99. The third-order valence-corrected chi connectivity index (χ3v) is 11.4. The molecule has 0 saturated heterocycles. The first kappa shape index (κ1) is 23.6. The normalized spacial score (nSPS) is 45.3. The van der Waals surface area contributed by atoms with Gasteiger partial charge in [-0.1, -0.05) is 50.8 Å². The van der Waals surface area contributed by atoms with Gasteiger partial charge in [0.2, 0.25) is 0 Å². The van der Waals surface area contributed by atoms with Crippen LogP contribution in [0.3, 0.4) is 0 Å². The molecular formula is C31H47NO. The van der Waals surface area contributed by atoms with Gasteiger partial charge in [-0.15, -0.1) is 0 Å². The lowest BCUT2D eigenvalue weighted by Gasteiger charge is -2.59. The molecule has 0 bridgehead atoms. The SMILES string of the molecule is Cc1cc(C)cc(C(=O)[C@H]2CC[C@@H]3[C@]2(C)CCC2C[C@@]4(C)CC[C@H](C)CC4CCC[C@]23N)c1. The van der Waals surface area contributed by atoms with Gasteiger partial charge in [0.1, 0.15) is 0 Å². The summed E-state index contributed by atoms with van der Waals surface area (Å²) >= 11 is 0. The van der Waals surface area contributed by atoms with E-state index < -0.39 is 0 Å². The number of benzene rings is 1. The highest BCUT2D eigenvalue weighted by atomic mass is 16.1. The fourth-order valence-electron chi connectivity index (χ4n) is 9.55. The topological polar surface area (TPSA) is 43.1 Å². The Balaban J connectivity index is 1.42. The number of nitrogens with two attached hydrogens (primary N) is 1. The maximum Gasteiger partial charge on any atom is 0.166 e. The molecule has 2 heteroatoms. The lowest BCUT2D eigenvalue weighted by atomic mass is 9.48. The Bertz CT molecular complexity index is 901. The van der Waals surface area contributed by atoms with E-state index in [9.17, 15) is 4.79 Å². The van der Waals surface area contributed by atoms with Crippen molar-refractivity contribution in [2.75, 3.05) is 0 Å². The summed E-state index contributed by atoms with van der Waals surface area (Å²) in [4.78, 5) is 13.8. The largest absolute Gasteiger partial charge is 0.325 e. The molecule has 33 heavy (non-hydrogen) atoms. The van der Waals surface area contributed by atoms with E-state index in [-0.39, 0.29) is 16.9 Å². The highest BCUT2D eigenvalue weighted by Crippen LogP contribution is 2.64. The van der Waals surface area contributed by atoms with E-state index in [1.54, 1.807) is 0 Å². The Morgan fingerprint density at radius 1 is 0.909 bits per heavy atom. The minimum atomic E-state index is -0.0818. The Morgan fingerprint density at radius 2 is 1.64 bits per heavy atom. The fraction of sp³-hybridized carbons (Fsp3) is 0.774. The number of hydrogen-bond acceptors (Lipinski definition) is 2. The Hall–Kier alpha value is -1.15. The number of ketones is 1. The van der Waals surface area contributed by atoms with Gasteiger partial charge in [0.25, 0.3) is 0 Å².